The molecule has 1 heterocycles. The number of hydrogen-bond donors (Lipinski definition) is 9. The Labute approximate surface area is 424 Å². The molecule has 1 saturated heterocycles. The summed E-state index contributed by atoms with van der Waals surface area (Å²) < 4.78 is 5.82. The number of carbonyl (C=O) groups excluding carboxylic acids is 7. The number of aliphatic carboxylic acids is 2. The maximum atomic E-state index is 14.3. The largest absolute Gasteiger partial charge is 0.508 e. The Morgan fingerprint density at radius 1 is 0.806 bits per heavy atom. The van der Waals surface area contributed by atoms with Crippen molar-refractivity contribution in [3.05, 3.63) is 102 Å². The minimum Gasteiger partial charge on any atom is -0.508 e. The van der Waals surface area contributed by atoms with E-state index >= 15 is 0 Å². The number of ether oxygens (including phenoxy) is 1. The summed E-state index contributed by atoms with van der Waals surface area (Å²) in [5, 5.41) is 45.5. The van der Waals surface area contributed by atoms with Gasteiger partial charge in [0.1, 0.15) is 41.7 Å². The van der Waals surface area contributed by atoms with Crippen molar-refractivity contribution in [2.75, 3.05) is 26.2 Å². The number of hydrogen-bond acceptors (Lipinski definition) is 12. The topological polar surface area (TPSA) is 299 Å². The molecule has 0 aliphatic carbocycles. The van der Waals surface area contributed by atoms with Gasteiger partial charge in [-0.05, 0) is 68.4 Å². The minimum atomic E-state index is -1.91. The van der Waals surface area contributed by atoms with Gasteiger partial charge in [0.05, 0.1) is 24.0 Å². The van der Waals surface area contributed by atoms with Crippen LogP contribution in [0.5, 0.6) is 5.75 Å². The van der Waals surface area contributed by atoms with Crippen molar-refractivity contribution in [3.63, 3.8) is 0 Å². The summed E-state index contributed by atoms with van der Waals surface area (Å²) in [5.74, 6) is -11.9. The molecule has 1 aliphatic rings. The van der Waals surface area contributed by atoms with E-state index in [1.807, 2.05) is 50.3 Å². The number of rotatable bonds is 14. The number of phenolic OH excluding ortho intramolecular Hbond substituents is 1. The SMILES string of the molecule is C=C1C(=O)NC(C)C(=O)NC(Cc2ccc(O)cc2)C(=O)NC(C(=O)O)C(C)C(=O)NC(CCSC)C(=O)NC(C=CC(C)=CC(C)C(Cc2ccccc2)OC)C(C)C(=O)NC(C(=O)O)CCC(=O)N1C. The molecule has 20 nitrogen and oxygen atoms in total. The zero-order valence-electron chi connectivity index (χ0n) is 41.9. The third-order valence-corrected chi connectivity index (χ3v) is 12.9. The van der Waals surface area contributed by atoms with E-state index in [0.717, 1.165) is 16.0 Å². The number of phenols is 1. The molecular weight excluding hydrogens is 951 g/mol. The number of benzene rings is 2. The van der Waals surface area contributed by atoms with Crippen molar-refractivity contribution < 1.29 is 63.2 Å². The highest BCUT2D eigenvalue weighted by atomic mass is 32.2. The van der Waals surface area contributed by atoms with Gasteiger partial charge < -0.3 is 56.9 Å². The van der Waals surface area contributed by atoms with Crippen LogP contribution in [0.2, 0.25) is 0 Å². The molecule has 1 aliphatic heterocycles. The fourth-order valence-electron chi connectivity index (χ4n) is 7.56. The Hall–Kier alpha value is -7.00. The van der Waals surface area contributed by atoms with E-state index in [1.165, 1.54) is 63.8 Å². The summed E-state index contributed by atoms with van der Waals surface area (Å²) in [5.41, 5.74) is 1.79. The quantitative estimate of drug-likeness (QED) is 0.0969. The average Bonchev–Trinajstić information content (AvgIpc) is 3.34. The number of carboxylic acids is 2. The first-order valence-corrected chi connectivity index (χ1v) is 24.8. The van der Waals surface area contributed by atoms with Gasteiger partial charge in [0.2, 0.25) is 35.4 Å². The van der Waals surface area contributed by atoms with Crippen molar-refractivity contribution in [1.82, 2.24) is 36.8 Å². The summed E-state index contributed by atoms with van der Waals surface area (Å²) in [6.45, 7) is 11.4. The number of methoxy groups -OCH3 is 1. The molecule has 0 aromatic heterocycles. The van der Waals surface area contributed by atoms with Gasteiger partial charge in [-0.25, -0.2) is 9.59 Å². The Bertz CT molecular complexity index is 2330. The standard InChI is InChI=1S/C51H69N7O13S/c1-28(25-29(2)41(71-8)27-34-13-11-10-12-14-34)15-20-37-30(3)44(61)55-39(50(67)68)21-22-42(60)58(7)33(6)47(64)52-32(5)46(63)56-40(26-35-16-18-36(59)19-17-35)49(66)57-43(51(69)70)31(4)45(62)54-38(23-24-72-9)48(65)53-37/h10-20,25,29-32,37-41,43,59H,6,21-24,26-27H2,1-5,7-9H3,(H,52,64)(H,53,65)(H,54,62)(H,55,61)(H,56,63)(H,57,66)(H,67,68)(H,69,70). The minimum absolute atomic E-state index is 0.0360. The van der Waals surface area contributed by atoms with E-state index in [9.17, 15) is 58.5 Å². The smallest absolute Gasteiger partial charge is 0.327 e. The lowest BCUT2D eigenvalue weighted by molar-refractivity contribution is -0.146. The Morgan fingerprint density at radius 2 is 1.42 bits per heavy atom. The maximum Gasteiger partial charge on any atom is 0.327 e. The molecule has 392 valence electrons. The molecule has 7 amide bonds. The van der Waals surface area contributed by atoms with E-state index in [1.54, 1.807) is 25.5 Å². The summed E-state index contributed by atoms with van der Waals surface area (Å²) in [6.07, 6.45) is 6.25. The van der Waals surface area contributed by atoms with Crippen LogP contribution in [0.15, 0.2) is 90.7 Å². The van der Waals surface area contributed by atoms with Crippen LogP contribution in [-0.4, -0.2) is 142 Å². The zero-order chi connectivity index (χ0) is 53.8. The van der Waals surface area contributed by atoms with Crippen molar-refractivity contribution in [2.24, 2.45) is 17.8 Å². The normalized spacial score (nSPS) is 25.1. The fraction of sp³-hybridized carbons (Fsp3) is 0.471. The number of aromatic hydroxyl groups is 1. The number of likely N-dealkylation sites (N-methyl/N-ethyl adjacent to an activating group) is 1. The van der Waals surface area contributed by atoms with Crippen LogP contribution >= 0.6 is 11.8 Å². The molecule has 10 atom stereocenters. The second kappa shape index (κ2) is 28.7. The number of thioether (sulfide) groups is 1. The van der Waals surface area contributed by atoms with E-state index in [-0.39, 0.29) is 30.6 Å². The molecule has 72 heavy (non-hydrogen) atoms. The Morgan fingerprint density at radius 3 is 2.01 bits per heavy atom. The van der Waals surface area contributed by atoms with Crippen LogP contribution < -0.4 is 31.9 Å². The Balaban J connectivity index is 2.10. The van der Waals surface area contributed by atoms with Crippen LogP contribution in [0.4, 0.5) is 0 Å². The maximum absolute atomic E-state index is 14.3. The number of nitrogens with zero attached hydrogens (tertiary/aromatic N) is 1. The van der Waals surface area contributed by atoms with Gasteiger partial charge in [0.15, 0.2) is 0 Å². The van der Waals surface area contributed by atoms with Crippen molar-refractivity contribution in [3.8, 4) is 5.75 Å². The van der Waals surface area contributed by atoms with Gasteiger partial charge in [0, 0.05) is 32.9 Å². The van der Waals surface area contributed by atoms with Crippen molar-refractivity contribution in [2.45, 2.75) is 109 Å². The van der Waals surface area contributed by atoms with Gasteiger partial charge in [-0.15, -0.1) is 0 Å². The number of amides is 7. The second-order valence-corrected chi connectivity index (χ2v) is 18.8. The number of carbonyl (C=O) groups is 9. The molecule has 2 aromatic rings. The molecule has 21 heteroatoms. The highest BCUT2D eigenvalue weighted by molar-refractivity contribution is 7.98. The lowest BCUT2D eigenvalue weighted by Crippen LogP contribution is -2.59. The van der Waals surface area contributed by atoms with Crippen LogP contribution in [0.3, 0.4) is 0 Å². The van der Waals surface area contributed by atoms with E-state index in [2.05, 4.69) is 38.5 Å². The first-order chi connectivity index (χ1) is 34.0. The number of allylic oxidation sites excluding steroid dienone is 2. The van der Waals surface area contributed by atoms with Gasteiger partial charge in [0.25, 0.3) is 5.91 Å². The molecular formula is C51H69N7O13S. The first kappa shape index (κ1) is 59.3. The Kier molecular flexibility index (Phi) is 23.7. The predicted molar refractivity (Wildman–Crippen MR) is 270 cm³/mol. The summed E-state index contributed by atoms with van der Waals surface area (Å²) >= 11 is 1.35. The fourth-order valence-corrected chi connectivity index (χ4v) is 8.03. The van der Waals surface area contributed by atoms with Gasteiger partial charge in [-0.3, -0.25) is 33.6 Å². The molecule has 2 aromatic carbocycles. The van der Waals surface area contributed by atoms with Crippen LogP contribution in [0.25, 0.3) is 0 Å². The summed E-state index contributed by atoms with van der Waals surface area (Å²) in [7, 11) is 2.82. The summed E-state index contributed by atoms with van der Waals surface area (Å²) in [4.78, 5) is 122. The number of carboxylic acid groups (broad SMARTS) is 2. The van der Waals surface area contributed by atoms with Gasteiger partial charge >= 0.3 is 11.9 Å². The summed E-state index contributed by atoms with van der Waals surface area (Å²) in [6, 6.07) is 6.52. The molecule has 3 rings (SSSR count). The lowest BCUT2D eigenvalue weighted by atomic mass is 9.94. The molecule has 10 unspecified atom stereocenters. The first-order valence-electron chi connectivity index (χ1n) is 23.4. The zero-order valence-corrected chi connectivity index (χ0v) is 42.7. The molecule has 1 fully saturated rings. The van der Waals surface area contributed by atoms with Crippen molar-refractivity contribution in [1.29, 1.82) is 0 Å². The lowest BCUT2D eigenvalue weighted by Gasteiger charge is -2.28. The highest BCUT2D eigenvalue weighted by Crippen LogP contribution is 2.19. The van der Waals surface area contributed by atoms with Crippen LogP contribution in [-0.2, 0) is 60.7 Å². The number of nitrogens with one attached hydrogen (secondary N) is 6. The molecule has 0 saturated carbocycles. The van der Waals surface area contributed by atoms with Crippen LogP contribution in [0.1, 0.15) is 65.0 Å². The van der Waals surface area contributed by atoms with E-state index in [0.29, 0.717) is 17.7 Å². The van der Waals surface area contributed by atoms with E-state index < -0.39 is 120 Å². The molecule has 0 spiro atoms. The van der Waals surface area contributed by atoms with Crippen LogP contribution in [0, 0.1) is 17.8 Å². The molecule has 0 radical (unpaired) electrons. The molecule has 0 bridgehead atoms. The third kappa shape index (κ3) is 18.3. The van der Waals surface area contributed by atoms with E-state index in [4.69, 9.17) is 4.74 Å². The average molecular weight is 1020 g/mol. The van der Waals surface area contributed by atoms with Gasteiger partial charge in [-0.2, -0.15) is 11.8 Å². The third-order valence-electron chi connectivity index (χ3n) is 12.3. The second-order valence-electron chi connectivity index (χ2n) is 17.8. The van der Waals surface area contributed by atoms with Gasteiger partial charge in [-0.1, -0.05) is 93.6 Å². The monoisotopic (exact) mass is 1020 g/mol. The predicted octanol–water partition coefficient (Wildman–Crippen LogP) is 2.22. The highest BCUT2D eigenvalue weighted by Gasteiger charge is 2.37. The molecule has 9 N–H and O–H groups in total. The van der Waals surface area contributed by atoms with Crippen molar-refractivity contribution >= 4 is 65.1 Å².